The van der Waals surface area contributed by atoms with E-state index in [1.165, 1.54) is 44.9 Å². The lowest BCUT2D eigenvalue weighted by Gasteiger charge is -1.98. The van der Waals surface area contributed by atoms with Crippen LogP contribution in [0.2, 0.25) is 0 Å². The van der Waals surface area contributed by atoms with Gasteiger partial charge in [0, 0.05) is 6.42 Å². The van der Waals surface area contributed by atoms with Crippen LogP contribution in [0.3, 0.4) is 0 Å². The summed E-state index contributed by atoms with van der Waals surface area (Å²) < 4.78 is 0. The molecule has 1 radical (unpaired) electrons. The van der Waals surface area contributed by atoms with Crippen molar-refractivity contribution in [2.24, 2.45) is 0 Å². The molecule has 0 amide bonds. The van der Waals surface area contributed by atoms with E-state index in [1.807, 2.05) is 6.08 Å². The highest BCUT2D eigenvalue weighted by Gasteiger charge is 1.91. The molecular formula is C14H25O. The van der Waals surface area contributed by atoms with Crippen molar-refractivity contribution in [3.8, 4) is 0 Å². The second kappa shape index (κ2) is 11.5. The quantitative estimate of drug-likeness (QED) is 0.383. The van der Waals surface area contributed by atoms with E-state index in [9.17, 15) is 4.79 Å². The number of carbonyl (C=O) groups is 1. The molecule has 0 saturated carbocycles. The van der Waals surface area contributed by atoms with Gasteiger partial charge in [-0.1, -0.05) is 51.5 Å². The van der Waals surface area contributed by atoms with Crippen molar-refractivity contribution in [2.45, 2.75) is 64.7 Å². The molecule has 0 spiro atoms. The third-order valence-electron chi connectivity index (χ3n) is 2.52. The molecule has 0 saturated heterocycles. The predicted molar refractivity (Wildman–Crippen MR) is 66.7 cm³/mol. The van der Waals surface area contributed by atoms with Crippen molar-refractivity contribution in [2.75, 3.05) is 0 Å². The molecule has 0 unspecified atom stereocenters. The smallest absolute Gasteiger partial charge is 0.155 e. The van der Waals surface area contributed by atoms with Crippen LogP contribution in [-0.2, 0) is 4.79 Å². The van der Waals surface area contributed by atoms with Gasteiger partial charge in [-0.15, -0.1) is 0 Å². The van der Waals surface area contributed by atoms with Gasteiger partial charge < -0.3 is 0 Å². The first-order valence-electron chi connectivity index (χ1n) is 6.30. The van der Waals surface area contributed by atoms with E-state index in [0.29, 0.717) is 6.42 Å². The van der Waals surface area contributed by atoms with Crippen molar-refractivity contribution in [3.05, 3.63) is 19.1 Å². The molecule has 15 heavy (non-hydrogen) atoms. The van der Waals surface area contributed by atoms with Gasteiger partial charge in [0.25, 0.3) is 0 Å². The average Bonchev–Trinajstić information content (AvgIpc) is 2.26. The zero-order valence-electron chi connectivity index (χ0n) is 10.1. The zero-order chi connectivity index (χ0) is 11.4. The maximum atomic E-state index is 10.9. The lowest BCUT2D eigenvalue weighted by molar-refractivity contribution is -0.113. The molecule has 0 aromatic carbocycles. The molecule has 0 aliphatic carbocycles. The molecule has 0 aromatic rings. The number of carbonyl (C=O) groups excluding carboxylic acids is 1. The highest BCUT2D eigenvalue weighted by Crippen LogP contribution is 2.08. The summed E-state index contributed by atoms with van der Waals surface area (Å²) in [7, 11) is 0. The van der Waals surface area contributed by atoms with Crippen LogP contribution in [-0.4, -0.2) is 5.78 Å². The monoisotopic (exact) mass is 209 g/mol. The highest BCUT2D eigenvalue weighted by atomic mass is 16.1. The average molecular weight is 209 g/mol. The third-order valence-corrected chi connectivity index (χ3v) is 2.52. The van der Waals surface area contributed by atoms with Crippen LogP contribution in [0.1, 0.15) is 64.7 Å². The molecule has 0 aromatic heterocycles. The molecule has 1 heteroatoms. The van der Waals surface area contributed by atoms with Crippen LogP contribution in [0, 0.1) is 6.92 Å². The molecule has 0 heterocycles. The van der Waals surface area contributed by atoms with E-state index in [0.717, 1.165) is 6.42 Å². The largest absolute Gasteiger partial charge is 0.295 e. The Labute approximate surface area is 95.0 Å². The van der Waals surface area contributed by atoms with E-state index in [2.05, 4.69) is 13.8 Å². The van der Waals surface area contributed by atoms with Crippen molar-refractivity contribution in [1.82, 2.24) is 0 Å². The normalized spacial score (nSPS) is 11.1. The first-order valence-corrected chi connectivity index (χ1v) is 6.30. The number of hydrogen-bond acceptors (Lipinski definition) is 1. The fraction of sp³-hybridized carbons (Fsp3) is 0.714. The summed E-state index contributed by atoms with van der Waals surface area (Å²) in [6.07, 6.45) is 14.4. The van der Waals surface area contributed by atoms with E-state index in [-0.39, 0.29) is 5.78 Å². The van der Waals surface area contributed by atoms with E-state index in [1.54, 1.807) is 6.08 Å². The van der Waals surface area contributed by atoms with Gasteiger partial charge in [0.2, 0.25) is 0 Å². The van der Waals surface area contributed by atoms with Gasteiger partial charge in [0.1, 0.15) is 0 Å². The van der Waals surface area contributed by atoms with Crippen LogP contribution in [0.25, 0.3) is 0 Å². The Morgan fingerprint density at radius 2 is 1.67 bits per heavy atom. The molecule has 0 N–H and O–H groups in total. The van der Waals surface area contributed by atoms with Crippen LogP contribution in [0.4, 0.5) is 0 Å². The number of ketones is 1. The Morgan fingerprint density at radius 3 is 2.27 bits per heavy atom. The standard InChI is InChI=1S/C14H25O/c1-3-5-6-7-8-9-10-11-12-13-14(15)4-2/h12-13H,2-11H2,1H3. The minimum Gasteiger partial charge on any atom is -0.295 e. The van der Waals surface area contributed by atoms with Gasteiger partial charge in [-0.25, -0.2) is 0 Å². The Hall–Kier alpha value is -0.590. The van der Waals surface area contributed by atoms with Gasteiger partial charge in [-0.2, -0.15) is 0 Å². The molecule has 0 fully saturated rings. The van der Waals surface area contributed by atoms with Crippen molar-refractivity contribution >= 4 is 5.78 Å². The summed E-state index contributed by atoms with van der Waals surface area (Å²) in [5.74, 6) is 0.137. The van der Waals surface area contributed by atoms with Gasteiger partial charge in [-0.05, 0) is 25.8 Å². The molecule has 0 atom stereocenters. The van der Waals surface area contributed by atoms with Crippen LogP contribution < -0.4 is 0 Å². The predicted octanol–water partition coefficient (Wildman–Crippen LogP) is 4.48. The van der Waals surface area contributed by atoms with Crippen molar-refractivity contribution in [1.29, 1.82) is 0 Å². The lowest BCUT2D eigenvalue weighted by atomic mass is 10.1. The first kappa shape index (κ1) is 14.4. The summed E-state index contributed by atoms with van der Waals surface area (Å²) >= 11 is 0. The Balaban J connectivity index is 3.11. The fourth-order valence-corrected chi connectivity index (χ4v) is 1.52. The minimum atomic E-state index is 0.137. The van der Waals surface area contributed by atoms with Gasteiger partial charge in [0.05, 0.1) is 0 Å². The Morgan fingerprint density at radius 1 is 1.07 bits per heavy atom. The van der Waals surface area contributed by atoms with Crippen LogP contribution in [0.15, 0.2) is 12.2 Å². The van der Waals surface area contributed by atoms with Crippen molar-refractivity contribution in [3.63, 3.8) is 0 Å². The number of rotatable bonds is 10. The van der Waals surface area contributed by atoms with Gasteiger partial charge >= 0.3 is 0 Å². The van der Waals surface area contributed by atoms with Crippen LogP contribution in [0.5, 0.6) is 0 Å². The maximum absolute atomic E-state index is 10.9. The van der Waals surface area contributed by atoms with Crippen LogP contribution >= 0.6 is 0 Å². The molecular weight excluding hydrogens is 184 g/mol. The number of allylic oxidation sites excluding steroid dienone is 2. The maximum Gasteiger partial charge on any atom is 0.155 e. The molecule has 0 aliphatic heterocycles. The Kier molecular flexibility index (Phi) is 11.0. The van der Waals surface area contributed by atoms with Gasteiger partial charge in [-0.3, -0.25) is 4.79 Å². The topological polar surface area (TPSA) is 17.1 Å². The molecule has 87 valence electrons. The molecule has 0 aliphatic rings. The summed E-state index contributed by atoms with van der Waals surface area (Å²) in [5, 5.41) is 0. The second-order valence-corrected chi connectivity index (χ2v) is 4.03. The van der Waals surface area contributed by atoms with E-state index in [4.69, 9.17) is 0 Å². The highest BCUT2D eigenvalue weighted by molar-refractivity contribution is 5.89. The fourth-order valence-electron chi connectivity index (χ4n) is 1.52. The van der Waals surface area contributed by atoms with Gasteiger partial charge in [0.15, 0.2) is 5.78 Å². The number of hydrogen-bond donors (Lipinski definition) is 0. The Bertz CT molecular complexity index is 170. The minimum absolute atomic E-state index is 0.137. The molecule has 0 rings (SSSR count). The number of unbranched alkanes of at least 4 members (excludes halogenated alkanes) is 7. The first-order chi connectivity index (χ1) is 7.31. The third kappa shape index (κ3) is 11.3. The lowest BCUT2D eigenvalue weighted by Crippen LogP contribution is -1.87. The van der Waals surface area contributed by atoms with Crippen molar-refractivity contribution < 1.29 is 4.79 Å². The second-order valence-electron chi connectivity index (χ2n) is 4.03. The van der Waals surface area contributed by atoms with E-state index < -0.39 is 0 Å². The summed E-state index contributed by atoms with van der Waals surface area (Å²) in [5.41, 5.74) is 0. The zero-order valence-corrected chi connectivity index (χ0v) is 10.1. The SMILES string of the molecule is [CH2]CC(=O)C=CCCCCCCCCC. The molecule has 1 nitrogen and oxygen atoms in total. The summed E-state index contributed by atoms with van der Waals surface area (Å²) in [6.45, 7) is 5.78. The summed E-state index contributed by atoms with van der Waals surface area (Å²) in [6, 6.07) is 0. The summed E-state index contributed by atoms with van der Waals surface area (Å²) in [4.78, 5) is 10.9. The van der Waals surface area contributed by atoms with E-state index >= 15 is 0 Å². The molecule has 0 bridgehead atoms.